The van der Waals surface area contributed by atoms with Crippen molar-refractivity contribution in [3.05, 3.63) is 68.2 Å². The van der Waals surface area contributed by atoms with Gasteiger partial charge in [0.05, 0.1) is 31.1 Å². The maximum Gasteiger partial charge on any atom is 0.288 e. The first kappa shape index (κ1) is 17.7. The Hall–Kier alpha value is -2.11. The molecule has 2 aromatic carbocycles. The molecular weight excluding hydrogens is 338 g/mol. The molecule has 132 valence electrons. The van der Waals surface area contributed by atoms with Crippen LogP contribution in [0.1, 0.15) is 16.7 Å². The number of nitrogens with one attached hydrogen (secondary N) is 1. The Morgan fingerprint density at radius 1 is 1.16 bits per heavy atom. The highest BCUT2D eigenvalue weighted by atomic mass is 35.5. The standard InChI is InChI=1S/C19H22ClN3O2/c1-14-3-4-15(2)18(11-14)22-9-7-21(8-10-22)13-16-5-6-17(20)19(12-16)23(24)25/h3-6,11-12H,7-10,13H2,1-2H3/p+1. The number of quaternary nitrogens is 1. The van der Waals surface area contributed by atoms with E-state index >= 15 is 0 Å². The number of hydrogen-bond donors (Lipinski definition) is 1. The van der Waals surface area contributed by atoms with E-state index in [-0.39, 0.29) is 10.7 Å². The summed E-state index contributed by atoms with van der Waals surface area (Å²) < 4.78 is 0. The molecule has 1 aliphatic heterocycles. The molecule has 0 aromatic heterocycles. The van der Waals surface area contributed by atoms with Crippen molar-refractivity contribution in [1.29, 1.82) is 0 Å². The van der Waals surface area contributed by atoms with Gasteiger partial charge in [-0.05, 0) is 37.1 Å². The number of piperazine rings is 1. The van der Waals surface area contributed by atoms with Crippen LogP contribution in [-0.4, -0.2) is 31.1 Å². The zero-order valence-corrected chi connectivity index (χ0v) is 15.3. The minimum Gasteiger partial charge on any atom is -0.360 e. The lowest BCUT2D eigenvalue weighted by Gasteiger charge is -2.34. The number of nitro groups is 1. The molecule has 0 atom stereocenters. The van der Waals surface area contributed by atoms with Crippen molar-refractivity contribution in [3.8, 4) is 0 Å². The summed E-state index contributed by atoms with van der Waals surface area (Å²) in [6.45, 7) is 9.09. The van der Waals surface area contributed by atoms with Crippen molar-refractivity contribution in [3.63, 3.8) is 0 Å². The van der Waals surface area contributed by atoms with E-state index in [2.05, 4.69) is 36.9 Å². The lowest BCUT2D eigenvalue weighted by atomic mass is 10.1. The van der Waals surface area contributed by atoms with Crippen molar-refractivity contribution in [2.45, 2.75) is 20.4 Å². The molecule has 0 amide bonds. The van der Waals surface area contributed by atoms with Crippen LogP contribution < -0.4 is 9.80 Å². The number of aryl methyl sites for hydroxylation is 2. The zero-order valence-electron chi connectivity index (χ0n) is 14.6. The van der Waals surface area contributed by atoms with Gasteiger partial charge in [-0.1, -0.05) is 29.8 Å². The van der Waals surface area contributed by atoms with Gasteiger partial charge in [0.2, 0.25) is 0 Å². The highest BCUT2D eigenvalue weighted by Crippen LogP contribution is 2.25. The van der Waals surface area contributed by atoms with Gasteiger partial charge in [0.15, 0.2) is 0 Å². The second-order valence-electron chi connectivity index (χ2n) is 6.75. The van der Waals surface area contributed by atoms with E-state index in [1.54, 1.807) is 12.1 Å². The first-order valence-electron chi connectivity index (χ1n) is 8.52. The maximum absolute atomic E-state index is 11.0. The lowest BCUT2D eigenvalue weighted by molar-refractivity contribution is -0.914. The molecule has 1 heterocycles. The minimum atomic E-state index is -0.417. The fourth-order valence-electron chi connectivity index (χ4n) is 3.40. The molecule has 3 rings (SSSR count). The number of benzene rings is 2. The summed E-state index contributed by atoms with van der Waals surface area (Å²) in [6, 6.07) is 11.7. The third kappa shape index (κ3) is 4.11. The Morgan fingerprint density at radius 2 is 1.88 bits per heavy atom. The van der Waals surface area contributed by atoms with E-state index in [4.69, 9.17) is 11.6 Å². The largest absolute Gasteiger partial charge is 0.360 e. The van der Waals surface area contributed by atoms with Crippen LogP contribution in [0, 0.1) is 24.0 Å². The van der Waals surface area contributed by atoms with Gasteiger partial charge in [0.1, 0.15) is 11.6 Å². The number of halogens is 1. The van der Waals surface area contributed by atoms with Gasteiger partial charge in [0.25, 0.3) is 5.69 Å². The topological polar surface area (TPSA) is 50.8 Å². The highest BCUT2D eigenvalue weighted by Gasteiger charge is 2.22. The van der Waals surface area contributed by atoms with Crippen LogP contribution in [0.15, 0.2) is 36.4 Å². The molecular formula is C19H23ClN3O2+. The first-order valence-corrected chi connectivity index (χ1v) is 8.90. The molecule has 2 aromatic rings. The van der Waals surface area contributed by atoms with Crippen LogP contribution in [0.3, 0.4) is 0 Å². The molecule has 6 heteroatoms. The van der Waals surface area contributed by atoms with Gasteiger partial charge < -0.3 is 9.80 Å². The molecule has 0 radical (unpaired) electrons. The van der Waals surface area contributed by atoms with E-state index in [9.17, 15) is 10.1 Å². The number of hydrogen-bond acceptors (Lipinski definition) is 3. The summed E-state index contributed by atoms with van der Waals surface area (Å²) in [5.74, 6) is 0. The van der Waals surface area contributed by atoms with E-state index in [0.29, 0.717) is 0 Å². The van der Waals surface area contributed by atoms with Crippen molar-refractivity contribution >= 4 is 23.0 Å². The summed E-state index contributed by atoms with van der Waals surface area (Å²) in [6.07, 6.45) is 0. The van der Waals surface area contributed by atoms with E-state index < -0.39 is 4.92 Å². The summed E-state index contributed by atoms with van der Waals surface area (Å²) in [7, 11) is 0. The van der Waals surface area contributed by atoms with Gasteiger partial charge in [-0.25, -0.2) is 0 Å². The third-order valence-electron chi connectivity index (χ3n) is 4.84. The maximum atomic E-state index is 11.0. The third-order valence-corrected chi connectivity index (χ3v) is 5.16. The van der Waals surface area contributed by atoms with Gasteiger partial charge >= 0.3 is 0 Å². The fourth-order valence-corrected chi connectivity index (χ4v) is 3.58. The minimum absolute atomic E-state index is 0.00686. The number of nitro benzene ring substituents is 1. The highest BCUT2D eigenvalue weighted by molar-refractivity contribution is 6.32. The first-order chi connectivity index (χ1) is 11.9. The summed E-state index contributed by atoms with van der Waals surface area (Å²) >= 11 is 5.89. The van der Waals surface area contributed by atoms with Crippen molar-refractivity contribution in [2.24, 2.45) is 0 Å². The van der Waals surface area contributed by atoms with Crippen LogP contribution in [0.5, 0.6) is 0 Å². The van der Waals surface area contributed by atoms with Crippen molar-refractivity contribution in [1.82, 2.24) is 0 Å². The van der Waals surface area contributed by atoms with Crippen LogP contribution in [0.4, 0.5) is 11.4 Å². The lowest BCUT2D eigenvalue weighted by Crippen LogP contribution is -3.13. The van der Waals surface area contributed by atoms with Crippen molar-refractivity contribution < 1.29 is 9.82 Å². The van der Waals surface area contributed by atoms with Crippen molar-refractivity contribution in [2.75, 3.05) is 31.1 Å². The number of rotatable bonds is 4. The van der Waals surface area contributed by atoms with Crippen LogP contribution >= 0.6 is 11.6 Å². The molecule has 0 unspecified atom stereocenters. The quantitative estimate of drug-likeness (QED) is 0.673. The molecule has 0 spiro atoms. The van der Waals surface area contributed by atoms with Crippen LogP contribution in [0.25, 0.3) is 0 Å². The molecule has 1 aliphatic rings. The molecule has 1 saturated heterocycles. The predicted octanol–water partition coefficient (Wildman–Crippen LogP) is 2.77. The molecule has 0 saturated carbocycles. The SMILES string of the molecule is Cc1ccc(C)c(N2CC[NH+](Cc3ccc(Cl)c([N+](=O)[O-])c3)CC2)c1. The molecule has 1 N–H and O–H groups in total. The van der Waals surface area contributed by atoms with E-state index in [0.717, 1.165) is 38.3 Å². The van der Waals surface area contributed by atoms with Crippen LogP contribution in [-0.2, 0) is 6.54 Å². The number of nitrogens with zero attached hydrogens (tertiary/aromatic N) is 2. The number of anilines is 1. The van der Waals surface area contributed by atoms with E-state index in [1.807, 2.05) is 6.07 Å². The normalized spacial score (nSPS) is 15.4. The second-order valence-corrected chi connectivity index (χ2v) is 7.15. The smallest absolute Gasteiger partial charge is 0.288 e. The molecule has 25 heavy (non-hydrogen) atoms. The van der Waals surface area contributed by atoms with E-state index in [1.165, 1.54) is 21.7 Å². The Labute approximate surface area is 153 Å². The molecule has 0 aliphatic carbocycles. The Balaban J connectivity index is 1.64. The second kappa shape index (κ2) is 7.42. The fraction of sp³-hybridized carbons (Fsp3) is 0.368. The van der Waals surface area contributed by atoms with Gasteiger partial charge in [0, 0.05) is 17.3 Å². The summed E-state index contributed by atoms with van der Waals surface area (Å²) in [4.78, 5) is 14.5. The average Bonchev–Trinajstić information content (AvgIpc) is 2.59. The van der Waals surface area contributed by atoms with Gasteiger partial charge in [-0.2, -0.15) is 0 Å². The Kier molecular flexibility index (Phi) is 5.25. The average molecular weight is 361 g/mol. The summed E-state index contributed by atoms with van der Waals surface area (Å²) in [5, 5.41) is 11.2. The monoisotopic (exact) mass is 360 g/mol. The van der Waals surface area contributed by atoms with Gasteiger partial charge in [-0.15, -0.1) is 0 Å². The Morgan fingerprint density at radius 3 is 2.56 bits per heavy atom. The van der Waals surface area contributed by atoms with Gasteiger partial charge in [-0.3, -0.25) is 10.1 Å². The van der Waals surface area contributed by atoms with Crippen LogP contribution in [0.2, 0.25) is 5.02 Å². The predicted molar refractivity (Wildman–Crippen MR) is 101 cm³/mol. The molecule has 5 nitrogen and oxygen atoms in total. The molecule has 0 bridgehead atoms. The Bertz CT molecular complexity index is 786. The molecule has 1 fully saturated rings. The summed E-state index contributed by atoms with van der Waals surface area (Å²) in [5.41, 5.74) is 4.87. The zero-order chi connectivity index (χ0) is 18.0.